The zero-order valence-corrected chi connectivity index (χ0v) is 11.6. The van der Waals surface area contributed by atoms with E-state index in [1.165, 1.54) is 0 Å². The second-order valence-electron chi connectivity index (χ2n) is 5.21. The first kappa shape index (κ1) is 13.5. The first-order chi connectivity index (χ1) is 10.3. The monoisotopic (exact) mass is 284 g/mol. The van der Waals surface area contributed by atoms with Crippen molar-refractivity contribution in [3.05, 3.63) is 30.0 Å². The van der Waals surface area contributed by atoms with Gasteiger partial charge in [-0.1, -0.05) is 25.0 Å². The molecule has 0 saturated heterocycles. The number of amides is 1. The number of nitrogens with zero attached hydrogens (tertiary/aromatic N) is 1. The van der Waals surface area contributed by atoms with Crippen molar-refractivity contribution >= 4 is 16.9 Å². The average Bonchev–Trinajstić information content (AvgIpc) is 3.12. The second-order valence-corrected chi connectivity index (χ2v) is 5.21. The SMILES string of the molecule is N#Cc1oc2ccccc2c1OCC(=O)NC1CCCC1. The highest BCUT2D eigenvalue weighted by Crippen LogP contribution is 2.32. The summed E-state index contributed by atoms with van der Waals surface area (Å²) < 4.78 is 10.9. The van der Waals surface area contributed by atoms with Crippen molar-refractivity contribution in [3.63, 3.8) is 0 Å². The molecule has 1 N–H and O–H groups in total. The number of ether oxygens (including phenoxy) is 1. The van der Waals surface area contributed by atoms with E-state index >= 15 is 0 Å². The van der Waals surface area contributed by atoms with Crippen LogP contribution in [0.5, 0.6) is 5.75 Å². The molecule has 0 atom stereocenters. The Morgan fingerprint density at radius 3 is 2.90 bits per heavy atom. The maximum atomic E-state index is 11.9. The lowest BCUT2D eigenvalue weighted by molar-refractivity contribution is -0.123. The predicted molar refractivity (Wildman–Crippen MR) is 76.8 cm³/mol. The smallest absolute Gasteiger partial charge is 0.258 e. The van der Waals surface area contributed by atoms with Crippen molar-refractivity contribution < 1.29 is 13.9 Å². The maximum Gasteiger partial charge on any atom is 0.258 e. The van der Waals surface area contributed by atoms with E-state index in [9.17, 15) is 4.79 Å². The van der Waals surface area contributed by atoms with Crippen LogP contribution in [-0.2, 0) is 4.79 Å². The van der Waals surface area contributed by atoms with Crippen molar-refractivity contribution in [2.45, 2.75) is 31.7 Å². The number of nitriles is 1. The molecule has 2 aromatic rings. The minimum Gasteiger partial charge on any atom is -0.478 e. The molecule has 0 radical (unpaired) electrons. The van der Waals surface area contributed by atoms with Crippen LogP contribution < -0.4 is 10.1 Å². The van der Waals surface area contributed by atoms with Gasteiger partial charge in [-0.05, 0) is 25.0 Å². The highest BCUT2D eigenvalue weighted by Gasteiger charge is 2.19. The molecule has 1 fully saturated rings. The first-order valence-corrected chi connectivity index (χ1v) is 7.11. The van der Waals surface area contributed by atoms with Gasteiger partial charge >= 0.3 is 0 Å². The van der Waals surface area contributed by atoms with Gasteiger partial charge in [-0.3, -0.25) is 4.79 Å². The summed E-state index contributed by atoms with van der Waals surface area (Å²) in [4.78, 5) is 11.9. The number of carbonyl (C=O) groups excluding carboxylic acids is 1. The molecule has 1 aromatic heterocycles. The van der Waals surface area contributed by atoms with Crippen LogP contribution in [0.2, 0.25) is 0 Å². The molecule has 21 heavy (non-hydrogen) atoms. The molecule has 1 aromatic carbocycles. The van der Waals surface area contributed by atoms with E-state index in [1.54, 1.807) is 6.07 Å². The number of rotatable bonds is 4. The number of furan rings is 1. The summed E-state index contributed by atoms with van der Waals surface area (Å²) in [6.45, 7) is -0.102. The Kier molecular flexibility index (Phi) is 3.78. The first-order valence-electron chi connectivity index (χ1n) is 7.11. The van der Waals surface area contributed by atoms with E-state index in [1.807, 2.05) is 24.3 Å². The zero-order chi connectivity index (χ0) is 14.7. The number of hydrogen-bond acceptors (Lipinski definition) is 4. The molecule has 3 rings (SSSR count). The number of para-hydroxylation sites is 1. The van der Waals surface area contributed by atoms with Crippen LogP contribution in [0.1, 0.15) is 31.4 Å². The topological polar surface area (TPSA) is 75.3 Å². The molecule has 1 saturated carbocycles. The Morgan fingerprint density at radius 2 is 2.14 bits per heavy atom. The highest BCUT2D eigenvalue weighted by molar-refractivity contribution is 5.87. The van der Waals surface area contributed by atoms with E-state index in [0.717, 1.165) is 25.7 Å². The molecular formula is C16H16N2O3. The minimum absolute atomic E-state index is 0.102. The van der Waals surface area contributed by atoms with Crippen LogP contribution in [0.25, 0.3) is 11.0 Å². The summed E-state index contributed by atoms with van der Waals surface area (Å²) in [5, 5.41) is 12.8. The quantitative estimate of drug-likeness (QED) is 0.936. The molecular weight excluding hydrogens is 268 g/mol. The van der Waals surface area contributed by atoms with E-state index < -0.39 is 0 Å². The lowest BCUT2D eigenvalue weighted by atomic mass is 10.2. The Hall–Kier alpha value is -2.48. The van der Waals surface area contributed by atoms with Gasteiger partial charge in [0.2, 0.25) is 5.76 Å². The molecule has 1 aliphatic rings. The summed E-state index contributed by atoms with van der Waals surface area (Å²) in [6.07, 6.45) is 4.39. The van der Waals surface area contributed by atoms with Crippen molar-refractivity contribution in [2.75, 3.05) is 6.61 Å². The van der Waals surface area contributed by atoms with Crippen molar-refractivity contribution in [3.8, 4) is 11.8 Å². The van der Waals surface area contributed by atoms with Gasteiger partial charge in [-0.25, -0.2) is 0 Å². The molecule has 108 valence electrons. The number of fused-ring (bicyclic) bond motifs is 1. The van der Waals surface area contributed by atoms with E-state index in [-0.39, 0.29) is 24.3 Å². The Bertz CT molecular complexity index is 693. The van der Waals surface area contributed by atoms with Crippen LogP contribution in [0.15, 0.2) is 28.7 Å². The lowest BCUT2D eigenvalue weighted by Crippen LogP contribution is -2.36. The second kappa shape index (κ2) is 5.88. The van der Waals surface area contributed by atoms with Gasteiger partial charge in [0.1, 0.15) is 11.7 Å². The van der Waals surface area contributed by atoms with Crippen molar-refractivity contribution in [2.24, 2.45) is 0 Å². The fourth-order valence-electron chi connectivity index (χ4n) is 2.72. The third kappa shape index (κ3) is 2.84. The molecule has 1 aliphatic carbocycles. The largest absolute Gasteiger partial charge is 0.478 e. The highest BCUT2D eigenvalue weighted by atomic mass is 16.5. The molecule has 0 bridgehead atoms. The fourth-order valence-corrected chi connectivity index (χ4v) is 2.72. The number of benzene rings is 1. The normalized spacial score (nSPS) is 15.0. The molecule has 1 heterocycles. The van der Waals surface area contributed by atoms with Gasteiger partial charge in [-0.2, -0.15) is 5.26 Å². The number of nitrogens with one attached hydrogen (secondary N) is 1. The Morgan fingerprint density at radius 1 is 1.38 bits per heavy atom. The molecule has 0 unspecified atom stereocenters. The van der Waals surface area contributed by atoms with Crippen LogP contribution in [0.4, 0.5) is 0 Å². The predicted octanol–water partition coefficient (Wildman–Crippen LogP) is 2.74. The number of hydrogen-bond donors (Lipinski definition) is 1. The summed E-state index contributed by atoms with van der Waals surface area (Å²) in [5.74, 6) is 0.288. The summed E-state index contributed by atoms with van der Waals surface area (Å²) in [7, 11) is 0. The van der Waals surface area contributed by atoms with E-state index in [2.05, 4.69) is 5.32 Å². The molecule has 0 aliphatic heterocycles. The summed E-state index contributed by atoms with van der Waals surface area (Å²) in [5.41, 5.74) is 0.584. The molecule has 1 amide bonds. The third-order valence-electron chi connectivity index (χ3n) is 3.72. The van der Waals surface area contributed by atoms with Gasteiger partial charge in [0.25, 0.3) is 5.91 Å². The molecule has 0 spiro atoms. The molecule has 5 heteroatoms. The third-order valence-corrected chi connectivity index (χ3v) is 3.72. The van der Waals surface area contributed by atoms with Gasteiger partial charge in [0.05, 0.1) is 5.39 Å². The van der Waals surface area contributed by atoms with Crippen LogP contribution in [0.3, 0.4) is 0 Å². The summed E-state index contributed by atoms with van der Waals surface area (Å²) >= 11 is 0. The zero-order valence-electron chi connectivity index (χ0n) is 11.6. The van der Waals surface area contributed by atoms with Gasteiger partial charge in [0.15, 0.2) is 12.4 Å². The van der Waals surface area contributed by atoms with E-state index in [0.29, 0.717) is 16.7 Å². The standard InChI is InChI=1S/C16H16N2O3/c17-9-14-16(12-7-3-4-8-13(12)21-14)20-10-15(19)18-11-5-1-2-6-11/h3-4,7-8,11H,1-2,5-6,10H2,(H,18,19). The van der Waals surface area contributed by atoms with E-state index in [4.69, 9.17) is 14.4 Å². The van der Waals surface area contributed by atoms with Gasteiger partial charge in [0, 0.05) is 6.04 Å². The lowest BCUT2D eigenvalue weighted by Gasteiger charge is -2.12. The Labute approximate surface area is 122 Å². The van der Waals surface area contributed by atoms with Crippen molar-refractivity contribution in [1.82, 2.24) is 5.32 Å². The fraction of sp³-hybridized carbons (Fsp3) is 0.375. The minimum atomic E-state index is -0.156. The van der Waals surface area contributed by atoms with Crippen molar-refractivity contribution in [1.29, 1.82) is 5.26 Å². The van der Waals surface area contributed by atoms with Crippen LogP contribution in [0, 0.1) is 11.3 Å². The van der Waals surface area contributed by atoms with Gasteiger partial charge in [-0.15, -0.1) is 0 Å². The van der Waals surface area contributed by atoms with Gasteiger partial charge < -0.3 is 14.5 Å². The average molecular weight is 284 g/mol. The summed E-state index contributed by atoms with van der Waals surface area (Å²) in [6, 6.07) is 9.46. The maximum absolute atomic E-state index is 11.9. The van der Waals surface area contributed by atoms with Crippen LogP contribution in [-0.4, -0.2) is 18.6 Å². The van der Waals surface area contributed by atoms with Crippen LogP contribution >= 0.6 is 0 Å². The number of carbonyl (C=O) groups is 1. The Balaban J connectivity index is 1.69. The molecule has 5 nitrogen and oxygen atoms in total.